The molecule has 0 nitrogen and oxygen atoms in total. The monoisotopic (exact) mass is 418 g/mol. The second-order valence-corrected chi connectivity index (χ2v) is 10.2. The Morgan fingerprint density at radius 2 is 0.833 bits per heavy atom. The average Bonchev–Trinajstić information content (AvgIpc) is 2.72. The van der Waals surface area contributed by atoms with E-state index in [2.05, 4.69) is 39.5 Å². The number of hydrogen-bond acceptors (Lipinski definition) is 0. The van der Waals surface area contributed by atoms with Gasteiger partial charge in [0.2, 0.25) is 0 Å². The molecule has 30 heavy (non-hydrogen) atoms. The van der Waals surface area contributed by atoms with Crippen LogP contribution in [-0.4, -0.2) is 0 Å². The van der Waals surface area contributed by atoms with Crippen molar-refractivity contribution >= 4 is 0 Å². The Hall–Kier alpha value is -0.440. The Kier molecular flexibility index (Phi) is 24.5. The van der Waals surface area contributed by atoms with Crippen molar-refractivity contribution in [1.82, 2.24) is 0 Å². The van der Waals surface area contributed by atoms with Gasteiger partial charge < -0.3 is 0 Å². The fourth-order valence-corrected chi connectivity index (χ4v) is 4.61. The van der Waals surface area contributed by atoms with Gasteiger partial charge in [-0.15, -0.1) is 11.8 Å². The summed E-state index contributed by atoms with van der Waals surface area (Å²) in [5.41, 5.74) is 0. The van der Waals surface area contributed by atoms with Crippen molar-refractivity contribution in [2.45, 2.75) is 169 Å². The zero-order valence-corrected chi connectivity index (χ0v) is 21.7. The minimum atomic E-state index is 0.868. The van der Waals surface area contributed by atoms with Gasteiger partial charge in [0.25, 0.3) is 0 Å². The molecule has 0 aromatic carbocycles. The Bertz CT molecular complexity index is 369. The van der Waals surface area contributed by atoms with Crippen LogP contribution in [0.1, 0.15) is 169 Å². The number of unbranched alkanes of at least 4 members (excludes halogenated alkanes) is 16. The third kappa shape index (κ3) is 23.8. The van der Waals surface area contributed by atoms with Crippen molar-refractivity contribution in [1.29, 1.82) is 0 Å². The van der Waals surface area contributed by atoms with E-state index < -0.39 is 0 Å². The maximum Gasteiger partial charge on any atom is 0.00886 e. The van der Waals surface area contributed by atoms with Crippen LogP contribution in [0.4, 0.5) is 0 Å². The SMILES string of the molecule is CCCCCCCCC#CCCCCCCCCC(CCCCCCC)CC(C)C. The second kappa shape index (κ2) is 24.8. The lowest BCUT2D eigenvalue weighted by Crippen LogP contribution is -2.05. The van der Waals surface area contributed by atoms with Crippen LogP contribution in [0.3, 0.4) is 0 Å². The van der Waals surface area contributed by atoms with Crippen LogP contribution in [0.15, 0.2) is 0 Å². The summed E-state index contributed by atoms with van der Waals surface area (Å²) in [7, 11) is 0. The lowest BCUT2D eigenvalue weighted by molar-refractivity contribution is 0.339. The largest absolute Gasteiger partial charge is 0.103 e. The van der Waals surface area contributed by atoms with Crippen LogP contribution in [0.5, 0.6) is 0 Å². The molecule has 0 spiro atoms. The zero-order valence-electron chi connectivity index (χ0n) is 21.7. The average molecular weight is 419 g/mol. The first-order valence-electron chi connectivity index (χ1n) is 14.2. The van der Waals surface area contributed by atoms with Crippen LogP contribution < -0.4 is 0 Å². The Morgan fingerprint density at radius 3 is 1.23 bits per heavy atom. The van der Waals surface area contributed by atoms with E-state index in [1.807, 2.05) is 0 Å². The number of rotatable bonds is 22. The van der Waals surface area contributed by atoms with Crippen LogP contribution in [0.2, 0.25) is 0 Å². The first-order chi connectivity index (χ1) is 14.7. The highest BCUT2D eigenvalue weighted by Gasteiger charge is 2.10. The van der Waals surface area contributed by atoms with E-state index in [0.29, 0.717) is 0 Å². The molecule has 0 aliphatic heterocycles. The summed E-state index contributed by atoms with van der Waals surface area (Å²) in [6.07, 6.45) is 30.6. The Morgan fingerprint density at radius 1 is 0.467 bits per heavy atom. The van der Waals surface area contributed by atoms with Crippen molar-refractivity contribution in [3.63, 3.8) is 0 Å². The third-order valence-electron chi connectivity index (χ3n) is 6.47. The highest BCUT2D eigenvalue weighted by molar-refractivity contribution is 4.98. The zero-order chi connectivity index (χ0) is 22.1. The van der Waals surface area contributed by atoms with Crippen molar-refractivity contribution in [2.75, 3.05) is 0 Å². The Labute approximate surface area is 192 Å². The maximum atomic E-state index is 3.40. The van der Waals surface area contributed by atoms with Crippen molar-refractivity contribution in [3.05, 3.63) is 0 Å². The summed E-state index contributed by atoms with van der Waals surface area (Å²) in [4.78, 5) is 0. The normalized spacial score (nSPS) is 12.2. The van der Waals surface area contributed by atoms with Gasteiger partial charge in [0.05, 0.1) is 0 Å². The molecular formula is C30H58. The molecule has 0 saturated heterocycles. The minimum absolute atomic E-state index is 0.868. The van der Waals surface area contributed by atoms with E-state index in [0.717, 1.165) is 24.7 Å². The molecule has 178 valence electrons. The van der Waals surface area contributed by atoms with E-state index in [9.17, 15) is 0 Å². The fourth-order valence-electron chi connectivity index (χ4n) is 4.61. The van der Waals surface area contributed by atoms with E-state index in [-0.39, 0.29) is 0 Å². The lowest BCUT2D eigenvalue weighted by Gasteiger charge is -2.19. The summed E-state index contributed by atoms with van der Waals surface area (Å²) in [6.45, 7) is 9.40. The predicted octanol–water partition coefficient (Wildman–Crippen LogP) is 10.9. The fraction of sp³-hybridized carbons (Fsp3) is 0.933. The van der Waals surface area contributed by atoms with E-state index >= 15 is 0 Å². The highest BCUT2D eigenvalue weighted by atomic mass is 14.2. The topological polar surface area (TPSA) is 0 Å². The molecule has 0 aliphatic rings. The molecule has 0 rings (SSSR count). The summed E-state index contributed by atoms with van der Waals surface area (Å²) < 4.78 is 0. The molecule has 0 aromatic heterocycles. The highest BCUT2D eigenvalue weighted by Crippen LogP contribution is 2.25. The van der Waals surface area contributed by atoms with E-state index in [4.69, 9.17) is 0 Å². The molecule has 0 amide bonds. The molecule has 0 bridgehead atoms. The van der Waals surface area contributed by atoms with Gasteiger partial charge >= 0.3 is 0 Å². The summed E-state index contributed by atoms with van der Waals surface area (Å²) >= 11 is 0. The van der Waals surface area contributed by atoms with E-state index in [1.54, 1.807) is 0 Å². The van der Waals surface area contributed by atoms with Gasteiger partial charge in [-0.05, 0) is 31.1 Å². The van der Waals surface area contributed by atoms with E-state index in [1.165, 1.54) is 128 Å². The molecule has 0 fully saturated rings. The molecule has 0 heterocycles. The summed E-state index contributed by atoms with van der Waals surface area (Å²) in [5.74, 6) is 8.66. The van der Waals surface area contributed by atoms with Gasteiger partial charge in [0, 0.05) is 12.8 Å². The number of hydrogen-bond donors (Lipinski definition) is 0. The van der Waals surface area contributed by atoms with Crippen LogP contribution in [-0.2, 0) is 0 Å². The van der Waals surface area contributed by atoms with Crippen molar-refractivity contribution in [3.8, 4) is 11.8 Å². The molecule has 0 N–H and O–H groups in total. The van der Waals surface area contributed by atoms with Crippen LogP contribution in [0, 0.1) is 23.7 Å². The first kappa shape index (κ1) is 29.6. The van der Waals surface area contributed by atoms with Gasteiger partial charge in [-0.3, -0.25) is 0 Å². The quantitative estimate of drug-likeness (QED) is 0.121. The first-order valence-corrected chi connectivity index (χ1v) is 14.2. The van der Waals surface area contributed by atoms with Crippen molar-refractivity contribution < 1.29 is 0 Å². The van der Waals surface area contributed by atoms with Gasteiger partial charge in [0.1, 0.15) is 0 Å². The molecule has 0 saturated carbocycles. The molecule has 0 aromatic rings. The summed E-state index contributed by atoms with van der Waals surface area (Å²) in [5, 5.41) is 0. The van der Waals surface area contributed by atoms with Gasteiger partial charge in [0.15, 0.2) is 0 Å². The minimum Gasteiger partial charge on any atom is -0.103 e. The van der Waals surface area contributed by atoms with Crippen LogP contribution >= 0.6 is 0 Å². The predicted molar refractivity (Wildman–Crippen MR) is 139 cm³/mol. The van der Waals surface area contributed by atoms with Gasteiger partial charge in [-0.25, -0.2) is 0 Å². The van der Waals surface area contributed by atoms with Gasteiger partial charge in [-0.1, -0.05) is 137 Å². The molecule has 0 heteroatoms. The van der Waals surface area contributed by atoms with Crippen molar-refractivity contribution in [2.24, 2.45) is 11.8 Å². The van der Waals surface area contributed by atoms with Gasteiger partial charge in [-0.2, -0.15) is 0 Å². The maximum absolute atomic E-state index is 3.40. The molecule has 0 aliphatic carbocycles. The molecule has 1 unspecified atom stereocenters. The smallest absolute Gasteiger partial charge is 0.00886 e. The lowest BCUT2D eigenvalue weighted by atomic mass is 9.87. The molecule has 1 atom stereocenters. The van der Waals surface area contributed by atoms with Crippen LogP contribution in [0.25, 0.3) is 0 Å². The standard InChI is InChI=1S/C30H58/c1-5-7-9-11-12-13-14-15-16-17-18-19-20-21-23-25-27-30(28-29(3)4)26-24-22-10-8-6-2/h29-30H,5-14,17-28H2,1-4H3. The third-order valence-corrected chi connectivity index (χ3v) is 6.47. The molecule has 0 radical (unpaired) electrons. The molecular weight excluding hydrogens is 360 g/mol. The summed E-state index contributed by atoms with van der Waals surface area (Å²) in [6, 6.07) is 0. The Balaban J connectivity index is 3.51. The second-order valence-electron chi connectivity index (χ2n) is 10.2.